The quantitative estimate of drug-likeness (QED) is 0.0338. The van der Waals surface area contributed by atoms with Crippen molar-refractivity contribution < 1.29 is 24.5 Å². The maximum Gasteiger partial charge on any atom is 0.306 e. The smallest absolute Gasteiger partial charge is 0.306 e. The van der Waals surface area contributed by atoms with Gasteiger partial charge < -0.3 is 20.3 Å². The molecular weight excluding hydrogens is 634 g/mol. The van der Waals surface area contributed by atoms with Gasteiger partial charge in [0.15, 0.2) is 0 Å². The molecule has 51 heavy (non-hydrogen) atoms. The fourth-order valence-electron chi connectivity index (χ4n) is 6.26. The molecule has 0 aliphatic carbocycles. The lowest BCUT2D eigenvalue weighted by molar-refractivity contribution is -0.151. The maximum absolute atomic E-state index is 13.1. The zero-order valence-electron chi connectivity index (χ0n) is 33.5. The summed E-state index contributed by atoms with van der Waals surface area (Å²) in [4.78, 5) is 25.9. The van der Waals surface area contributed by atoms with Gasteiger partial charge in [-0.25, -0.2) is 0 Å². The van der Waals surface area contributed by atoms with E-state index in [1.165, 1.54) is 83.5 Å². The molecular formula is C45H81NO5. The summed E-state index contributed by atoms with van der Waals surface area (Å²) in [6.07, 6.45) is 44.6. The minimum atomic E-state index is -0.790. The standard InChI is InChI=1S/C45H81NO5/c1-4-7-10-13-16-19-21-22-23-26-29-32-35-38-45(50)51-41(36-33-30-27-25-20-17-14-11-8-5-2)39-44(49)46-42(40-47)43(48)37-34-31-28-24-18-15-12-9-6-3/h7,10,13,16,19,21-23,41-43,47-48H,4-6,8-9,11-12,14-15,17-18,20,24-40H2,1-3H3,(H,46,49)/b10-7+,16-13+,21-19-,23-22-. The molecule has 296 valence electrons. The number of amides is 1. The van der Waals surface area contributed by atoms with Crippen LogP contribution in [0.1, 0.15) is 201 Å². The van der Waals surface area contributed by atoms with Crippen LogP contribution < -0.4 is 5.32 Å². The van der Waals surface area contributed by atoms with Crippen molar-refractivity contribution in [2.75, 3.05) is 6.61 Å². The number of allylic oxidation sites excluding steroid dienone is 8. The van der Waals surface area contributed by atoms with Gasteiger partial charge in [0.25, 0.3) is 0 Å². The number of carbonyl (C=O) groups excluding carboxylic acids is 2. The number of hydrogen-bond donors (Lipinski definition) is 3. The Morgan fingerprint density at radius 2 is 1.06 bits per heavy atom. The van der Waals surface area contributed by atoms with E-state index in [1.807, 2.05) is 30.4 Å². The van der Waals surface area contributed by atoms with Crippen LogP contribution in [0.5, 0.6) is 0 Å². The Labute approximate surface area is 315 Å². The van der Waals surface area contributed by atoms with Crippen molar-refractivity contribution in [2.24, 2.45) is 0 Å². The lowest BCUT2D eigenvalue weighted by atomic mass is 10.0. The molecule has 0 aromatic carbocycles. The average molecular weight is 716 g/mol. The van der Waals surface area contributed by atoms with Gasteiger partial charge in [0.2, 0.25) is 5.91 Å². The first kappa shape index (κ1) is 48.8. The summed E-state index contributed by atoms with van der Waals surface area (Å²) in [6.45, 7) is 6.28. The highest BCUT2D eigenvalue weighted by Gasteiger charge is 2.24. The lowest BCUT2D eigenvalue weighted by Crippen LogP contribution is -2.46. The molecule has 0 saturated carbocycles. The highest BCUT2D eigenvalue weighted by molar-refractivity contribution is 5.77. The van der Waals surface area contributed by atoms with Crippen LogP contribution in [0.2, 0.25) is 0 Å². The fourth-order valence-corrected chi connectivity index (χ4v) is 6.26. The molecule has 0 bridgehead atoms. The number of unbranched alkanes of at least 4 members (excludes halogenated alkanes) is 20. The third kappa shape index (κ3) is 34.7. The summed E-state index contributed by atoms with van der Waals surface area (Å²) in [6, 6.07) is -0.704. The van der Waals surface area contributed by atoms with Crippen molar-refractivity contribution in [1.29, 1.82) is 0 Å². The zero-order chi connectivity index (χ0) is 37.5. The molecule has 0 radical (unpaired) electrons. The molecule has 0 rings (SSSR count). The van der Waals surface area contributed by atoms with Gasteiger partial charge >= 0.3 is 5.97 Å². The highest BCUT2D eigenvalue weighted by atomic mass is 16.5. The first-order chi connectivity index (χ1) is 25.0. The summed E-state index contributed by atoms with van der Waals surface area (Å²) < 4.78 is 5.86. The van der Waals surface area contributed by atoms with E-state index in [0.29, 0.717) is 19.3 Å². The molecule has 0 aromatic heterocycles. The molecule has 0 saturated heterocycles. The van der Waals surface area contributed by atoms with Crippen molar-refractivity contribution in [3.63, 3.8) is 0 Å². The van der Waals surface area contributed by atoms with Crippen molar-refractivity contribution in [3.8, 4) is 0 Å². The SMILES string of the molecule is CC/C=C/C=C/C=C\C=C/CCCCCC(=O)OC(CCCCCCCCCCCC)CC(=O)NC(CO)C(O)CCCCCCCCCCC. The number of nitrogens with one attached hydrogen (secondary N) is 1. The molecule has 3 N–H and O–H groups in total. The van der Waals surface area contributed by atoms with Crippen LogP contribution in [-0.4, -0.2) is 46.9 Å². The summed E-state index contributed by atoms with van der Waals surface area (Å²) in [7, 11) is 0. The van der Waals surface area contributed by atoms with E-state index in [4.69, 9.17) is 4.74 Å². The van der Waals surface area contributed by atoms with Crippen molar-refractivity contribution >= 4 is 11.9 Å². The van der Waals surface area contributed by atoms with E-state index in [1.54, 1.807) is 0 Å². The molecule has 0 spiro atoms. The summed E-state index contributed by atoms with van der Waals surface area (Å²) in [5, 5.41) is 23.5. The molecule has 1 amide bonds. The molecule has 0 heterocycles. The summed E-state index contributed by atoms with van der Waals surface area (Å²) in [5.41, 5.74) is 0. The number of rotatable bonds is 37. The Kier molecular flexibility index (Phi) is 37.4. The van der Waals surface area contributed by atoms with E-state index in [2.05, 4.69) is 44.3 Å². The average Bonchev–Trinajstić information content (AvgIpc) is 3.12. The molecule has 0 aliphatic rings. The molecule has 0 aromatic rings. The van der Waals surface area contributed by atoms with Crippen LogP contribution >= 0.6 is 0 Å². The first-order valence-corrected chi connectivity index (χ1v) is 21.4. The fraction of sp³-hybridized carbons (Fsp3) is 0.778. The Morgan fingerprint density at radius 1 is 0.588 bits per heavy atom. The molecule has 0 aliphatic heterocycles. The number of ether oxygens (including phenoxy) is 1. The summed E-state index contributed by atoms with van der Waals surface area (Å²) in [5.74, 6) is -0.523. The number of esters is 1. The molecule has 3 atom stereocenters. The second kappa shape index (κ2) is 39.0. The van der Waals surface area contributed by atoms with E-state index in [0.717, 1.165) is 70.6 Å². The number of carbonyl (C=O) groups is 2. The Balaban J connectivity index is 4.66. The number of hydrogen-bond acceptors (Lipinski definition) is 5. The van der Waals surface area contributed by atoms with E-state index in [9.17, 15) is 19.8 Å². The second-order valence-corrected chi connectivity index (χ2v) is 14.5. The van der Waals surface area contributed by atoms with Gasteiger partial charge in [-0.3, -0.25) is 9.59 Å². The lowest BCUT2D eigenvalue weighted by Gasteiger charge is -2.24. The van der Waals surface area contributed by atoms with Crippen LogP contribution in [0.15, 0.2) is 48.6 Å². The summed E-state index contributed by atoms with van der Waals surface area (Å²) >= 11 is 0. The van der Waals surface area contributed by atoms with Crippen LogP contribution in [0, 0.1) is 0 Å². The minimum Gasteiger partial charge on any atom is -0.462 e. The topological polar surface area (TPSA) is 95.9 Å². The van der Waals surface area contributed by atoms with Crippen molar-refractivity contribution in [2.45, 2.75) is 219 Å². The van der Waals surface area contributed by atoms with Gasteiger partial charge in [0, 0.05) is 6.42 Å². The van der Waals surface area contributed by atoms with Gasteiger partial charge in [-0.2, -0.15) is 0 Å². The van der Waals surface area contributed by atoms with Crippen LogP contribution in [-0.2, 0) is 14.3 Å². The number of aliphatic hydroxyl groups excluding tert-OH is 2. The normalized spacial score (nSPS) is 13.9. The predicted octanol–water partition coefficient (Wildman–Crippen LogP) is 11.9. The van der Waals surface area contributed by atoms with E-state index >= 15 is 0 Å². The van der Waals surface area contributed by atoms with E-state index in [-0.39, 0.29) is 24.9 Å². The molecule has 6 heteroatoms. The van der Waals surface area contributed by atoms with Gasteiger partial charge in [-0.05, 0) is 44.9 Å². The Hall–Kier alpha value is -2.18. The predicted molar refractivity (Wildman–Crippen MR) is 218 cm³/mol. The number of aliphatic hydroxyl groups is 2. The van der Waals surface area contributed by atoms with Crippen LogP contribution in [0.4, 0.5) is 0 Å². The van der Waals surface area contributed by atoms with Crippen LogP contribution in [0.25, 0.3) is 0 Å². The van der Waals surface area contributed by atoms with Gasteiger partial charge in [0.1, 0.15) is 6.10 Å². The molecule has 6 nitrogen and oxygen atoms in total. The minimum absolute atomic E-state index is 0.0623. The Morgan fingerprint density at radius 3 is 1.59 bits per heavy atom. The zero-order valence-corrected chi connectivity index (χ0v) is 33.5. The van der Waals surface area contributed by atoms with Gasteiger partial charge in [0.05, 0.1) is 25.2 Å². The van der Waals surface area contributed by atoms with Crippen molar-refractivity contribution in [1.82, 2.24) is 5.32 Å². The second-order valence-electron chi connectivity index (χ2n) is 14.5. The van der Waals surface area contributed by atoms with Gasteiger partial charge in [-0.15, -0.1) is 0 Å². The highest BCUT2D eigenvalue weighted by Crippen LogP contribution is 2.17. The third-order valence-electron chi connectivity index (χ3n) is 9.52. The van der Waals surface area contributed by atoms with Crippen molar-refractivity contribution in [3.05, 3.63) is 48.6 Å². The molecule has 3 unspecified atom stereocenters. The van der Waals surface area contributed by atoms with Gasteiger partial charge in [-0.1, -0.05) is 191 Å². The first-order valence-electron chi connectivity index (χ1n) is 21.4. The monoisotopic (exact) mass is 716 g/mol. The van der Waals surface area contributed by atoms with Crippen LogP contribution in [0.3, 0.4) is 0 Å². The Bertz CT molecular complexity index is 895. The molecule has 0 fully saturated rings. The third-order valence-corrected chi connectivity index (χ3v) is 9.52. The maximum atomic E-state index is 13.1. The largest absolute Gasteiger partial charge is 0.462 e. The van der Waals surface area contributed by atoms with E-state index < -0.39 is 18.2 Å².